The first-order valence-electron chi connectivity index (χ1n) is 5.85. The molecule has 1 saturated heterocycles. The zero-order valence-electron chi connectivity index (χ0n) is 10.4. The number of benzene rings is 1. The highest BCUT2D eigenvalue weighted by Gasteiger charge is 2.27. The lowest BCUT2D eigenvalue weighted by atomic mass is 9.97. The van der Waals surface area contributed by atoms with Crippen LogP contribution in [-0.4, -0.2) is 30.6 Å². The van der Waals surface area contributed by atoms with Gasteiger partial charge in [-0.3, -0.25) is 4.90 Å². The highest BCUT2D eigenvalue weighted by atomic mass is 35.5. The van der Waals surface area contributed by atoms with Crippen molar-refractivity contribution >= 4 is 24.8 Å². The van der Waals surface area contributed by atoms with Gasteiger partial charge in [0.05, 0.1) is 0 Å². The third-order valence-electron chi connectivity index (χ3n) is 3.39. The summed E-state index contributed by atoms with van der Waals surface area (Å²) in [6.45, 7) is 7.96. The summed E-state index contributed by atoms with van der Waals surface area (Å²) in [5.74, 6) is 0. The molecule has 1 aromatic rings. The fourth-order valence-electron chi connectivity index (χ4n) is 2.45. The second kappa shape index (κ2) is 7.93. The maximum Gasteiger partial charge on any atom is 0.0475 e. The summed E-state index contributed by atoms with van der Waals surface area (Å²) in [5, 5.41) is 3.61. The van der Waals surface area contributed by atoms with Crippen LogP contribution in [0.1, 0.15) is 25.5 Å². The van der Waals surface area contributed by atoms with Gasteiger partial charge in [0.1, 0.15) is 0 Å². The Morgan fingerprint density at radius 3 is 2.47 bits per heavy atom. The number of piperazine rings is 1. The lowest BCUT2D eigenvalue weighted by Crippen LogP contribution is -2.51. The van der Waals surface area contributed by atoms with Gasteiger partial charge in [-0.2, -0.15) is 0 Å². The van der Waals surface area contributed by atoms with Crippen LogP contribution in [0.2, 0.25) is 0 Å². The van der Waals surface area contributed by atoms with Crippen LogP contribution >= 0.6 is 24.8 Å². The lowest BCUT2D eigenvalue weighted by molar-refractivity contribution is 0.138. The highest BCUT2D eigenvalue weighted by Crippen LogP contribution is 2.23. The number of rotatable bonds is 2. The van der Waals surface area contributed by atoms with Crippen molar-refractivity contribution in [2.24, 2.45) is 0 Å². The van der Waals surface area contributed by atoms with Gasteiger partial charge in [0.2, 0.25) is 0 Å². The molecule has 2 rings (SSSR count). The smallest absolute Gasteiger partial charge is 0.0475 e. The van der Waals surface area contributed by atoms with E-state index in [1.807, 2.05) is 0 Å². The van der Waals surface area contributed by atoms with Crippen LogP contribution in [0.5, 0.6) is 0 Å². The number of nitrogens with one attached hydrogen (secondary N) is 1. The van der Waals surface area contributed by atoms with E-state index >= 15 is 0 Å². The molecule has 1 aromatic carbocycles. The first kappa shape index (κ1) is 16.7. The monoisotopic (exact) mass is 276 g/mol. The van der Waals surface area contributed by atoms with Crippen molar-refractivity contribution < 1.29 is 0 Å². The summed E-state index contributed by atoms with van der Waals surface area (Å²) in [6.07, 6.45) is 0. The molecule has 0 aromatic heterocycles. The Balaban J connectivity index is 0.00000128. The molecule has 0 radical (unpaired) electrons. The minimum atomic E-state index is 0. The zero-order chi connectivity index (χ0) is 10.7. The minimum Gasteiger partial charge on any atom is -0.307 e. The molecule has 0 amide bonds. The Hall–Kier alpha value is -0.280. The number of hydrogen-bond donors (Lipinski definition) is 1. The summed E-state index contributed by atoms with van der Waals surface area (Å²) in [4.78, 5) is 2.54. The lowest BCUT2D eigenvalue weighted by Gasteiger charge is -2.39. The quantitative estimate of drug-likeness (QED) is 0.894. The molecule has 2 unspecified atom stereocenters. The fraction of sp³-hybridized carbons (Fsp3) is 0.538. The predicted molar refractivity (Wildman–Crippen MR) is 78.4 cm³/mol. The summed E-state index contributed by atoms with van der Waals surface area (Å²) in [6, 6.07) is 11.8. The van der Waals surface area contributed by atoms with Gasteiger partial charge in [-0.05, 0) is 19.0 Å². The summed E-state index contributed by atoms with van der Waals surface area (Å²) >= 11 is 0. The number of likely N-dealkylation sites (N-methyl/N-ethyl adjacent to an activating group) is 1. The van der Waals surface area contributed by atoms with E-state index in [0.29, 0.717) is 12.1 Å². The van der Waals surface area contributed by atoms with E-state index in [9.17, 15) is 0 Å². The van der Waals surface area contributed by atoms with Crippen LogP contribution in [0.4, 0.5) is 0 Å². The standard InChI is InChI=1S/C13H20N2.2ClH/c1-3-15-10-9-14-13(11(15)2)12-7-5-4-6-8-12;;/h4-8,11,13-14H,3,9-10H2,1-2H3;2*1H. The van der Waals surface area contributed by atoms with Gasteiger partial charge in [0, 0.05) is 25.2 Å². The van der Waals surface area contributed by atoms with E-state index in [0.717, 1.165) is 13.1 Å². The molecular weight excluding hydrogens is 255 g/mol. The van der Waals surface area contributed by atoms with Crippen molar-refractivity contribution in [1.82, 2.24) is 10.2 Å². The molecular formula is C13H22Cl2N2. The van der Waals surface area contributed by atoms with Crippen molar-refractivity contribution in [2.75, 3.05) is 19.6 Å². The second-order valence-electron chi connectivity index (χ2n) is 4.21. The van der Waals surface area contributed by atoms with Gasteiger partial charge in [-0.25, -0.2) is 0 Å². The average molecular weight is 277 g/mol. The molecule has 1 fully saturated rings. The van der Waals surface area contributed by atoms with Gasteiger partial charge in [0.25, 0.3) is 0 Å². The molecule has 2 nitrogen and oxygen atoms in total. The van der Waals surface area contributed by atoms with Crippen LogP contribution in [0.25, 0.3) is 0 Å². The molecule has 0 saturated carbocycles. The van der Waals surface area contributed by atoms with Gasteiger partial charge in [-0.1, -0.05) is 37.3 Å². The summed E-state index contributed by atoms with van der Waals surface area (Å²) in [7, 11) is 0. The van der Waals surface area contributed by atoms with Crippen LogP contribution in [0.3, 0.4) is 0 Å². The molecule has 17 heavy (non-hydrogen) atoms. The van der Waals surface area contributed by atoms with Crippen LogP contribution in [0.15, 0.2) is 30.3 Å². The van der Waals surface area contributed by atoms with E-state index in [1.54, 1.807) is 0 Å². The minimum absolute atomic E-state index is 0. The molecule has 1 aliphatic rings. The van der Waals surface area contributed by atoms with Gasteiger partial charge in [-0.15, -0.1) is 24.8 Å². The summed E-state index contributed by atoms with van der Waals surface area (Å²) in [5.41, 5.74) is 1.41. The Bertz CT molecular complexity index is 306. The van der Waals surface area contributed by atoms with Crippen molar-refractivity contribution in [3.8, 4) is 0 Å². The molecule has 1 aliphatic heterocycles. The average Bonchev–Trinajstić information content (AvgIpc) is 2.30. The number of hydrogen-bond acceptors (Lipinski definition) is 2. The first-order chi connectivity index (χ1) is 7.33. The number of halogens is 2. The Labute approximate surface area is 117 Å². The van der Waals surface area contributed by atoms with E-state index < -0.39 is 0 Å². The van der Waals surface area contributed by atoms with Gasteiger partial charge in [0.15, 0.2) is 0 Å². The Morgan fingerprint density at radius 1 is 1.24 bits per heavy atom. The largest absolute Gasteiger partial charge is 0.307 e. The zero-order valence-corrected chi connectivity index (χ0v) is 12.1. The molecule has 0 bridgehead atoms. The summed E-state index contributed by atoms with van der Waals surface area (Å²) < 4.78 is 0. The molecule has 2 atom stereocenters. The molecule has 0 spiro atoms. The Morgan fingerprint density at radius 2 is 1.88 bits per heavy atom. The van der Waals surface area contributed by atoms with E-state index in [1.165, 1.54) is 12.1 Å². The van der Waals surface area contributed by atoms with E-state index in [-0.39, 0.29) is 24.8 Å². The van der Waals surface area contributed by atoms with Crippen molar-refractivity contribution in [3.63, 3.8) is 0 Å². The highest BCUT2D eigenvalue weighted by molar-refractivity contribution is 5.85. The van der Waals surface area contributed by atoms with Gasteiger partial charge >= 0.3 is 0 Å². The van der Waals surface area contributed by atoms with E-state index in [4.69, 9.17) is 0 Å². The maximum absolute atomic E-state index is 3.61. The van der Waals surface area contributed by atoms with Gasteiger partial charge < -0.3 is 5.32 Å². The van der Waals surface area contributed by atoms with E-state index in [2.05, 4.69) is 54.4 Å². The third kappa shape index (κ3) is 3.85. The van der Waals surface area contributed by atoms with Crippen molar-refractivity contribution in [1.29, 1.82) is 0 Å². The van der Waals surface area contributed by atoms with Crippen molar-refractivity contribution in [2.45, 2.75) is 25.9 Å². The SMILES string of the molecule is CCN1CCNC(c2ccccc2)C1C.Cl.Cl. The van der Waals surface area contributed by atoms with Crippen LogP contribution in [0, 0.1) is 0 Å². The molecule has 1 N–H and O–H groups in total. The topological polar surface area (TPSA) is 15.3 Å². The molecule has 4 heteroatoms. The molecule has 1 heterocycles. The van der Waals surface area contributed by atoms with Crippen LogP contribution < -0.4 is 5.32 Å². The van der Waals surface area contributed by atoms with Crippen molar-refractivity contribution in [3.05, 3.63) is 35.9 Å². The second-order valence-corrected chi connectivity index (χ2v) is 4.21. The van der Waals surface area contributed by atoms with Crippen LogP contribution in [-0.2, 0) is 0 Å². The molecule has 98 valence electrons. The normalized spacial score (nSPS) is 24.6. The predicted octanol–water partition coefficient (Wildman–Crippen LogP) is 2.88. The number of nitrogens with zero attached hydrogens (tertiary/aromatic N) is 1. The first-order valence-corrected chi connectivity index (χ1v) is 5.85. The fourth-order valence-corrected chi connectivity index (χ4v) is 2.45. The maximum atomic E-state index is 3.61. The third-order valence-corrected chi connectivity index (χ3v) is 3.39. The Kier molecular flexibility index (Phi) is 7.80. The molecule has 0 aliphatic carbocycles.